The summed E-state index contributed by atoms with van der Waals surface area (Å²) in [6, 6.07) is 6.01. The molecule has 2 heteroatoms. The first-order valence-electron chi connectivity index (χ1n) is 2.92. The number of hydrogen-bond donors (Lipinski definition) is 0. The Morgan fingerprint density at radius 3 is 1.70 bits per heavy atom. The van der Waals surface area contributed by atoms with E-state index in [-0.39, 0.29) is 17.0 Å². The Balaban J connectivity index is 0.000000810. The lowest BCUT2D eigenvalue weighted by atomic mass is 10.2. The fourth-order valence-corrected chi connectivity index (χ4v) is 1.26. The zero-order chi connectivity index (χ0) is 6.85. The third kappa shape index (κ3) is 2.72. The second-order valence-electron chi connectivity index (χ2n) is 2.31. The largest absolute Gasteiger partial charge is 0.114 e. The molecule has 0 saturated carbocycles. The molecule has 0 amide bonds. The quantitative estimate of drug-likeness (QED) is 0.629. The van der Waals surface area contributed by atoms with Gasteiger partial charge in [0.2, 0.25) is 0 Å². The Morgan fingerprint density at radius 2 is 1.40 bits per heavy atom. The second kappa shape index (κ2) is 3.99. The third-order valence-electron chi connectivity index (χ3n) is 1.19. The summed E-state index contributed by atoms with van der Waals surface area (Å²) in [4.78, 5) is 0. The van der Waals surface area contributed by atoms with E-state index in [1.54, 1.807) is 0 Å². The lowest BCUT2D eigenvalue weighted by Gasteiger charge is -1.95. The zero-order valence-electron chi connectivity index (χ0n) is 6.02. The van der Waals surface area contributed by atoms with Gasteiger partial charge in [-0.2, -0.15) is 0 Å². The van der Waals surface area contributed by atoms with E-state index in [1.807, 2.05) is 26.0 Å². The summed E-state index contributed by atoms with van der Waals surface area (Å²) in [5, 5.41) is 0.826. The van der Waals surface area contributed by atoms with E-state index in [0.717, 1.165) is 5.02 Å². The maximum Gasteiger partial charge on any atom is 0.0411 e. The summed E-state index contributed by atoms with van der Waals surface area (Å²) in [5.74, 6) is 0. The maximum absolute atomic E-state index is 5.75. The SMILES string of the molecule is Br.Cc1cc(C)cc(Cl)c1. The number of benzene rings is 1. The van der Waals surface area contributed by atoms with Crippen LogP contribution in [0.1, 0.15) is 11.1 Å². The van der Waals surface area contributed by atoms with Crippen LogP contribution in [0.4, 0.5) is 0 Å². The average molecular weight is 222 g/mol. The molecule has 0 spiro atoms. The lowest BCUT2D eigenvalue weighted by Crippen LogP contribution is -1.74. The van der Waals surface area contributed by atoms with Crippen molar-refractivity contribution in [3.05, 3.63) is 34.3 Å². The number of rotatable bonds is 0. The Bertz CT molecular complexity index is 170. The van der Waals surface area contributed by atoms with Crippen LogP contribution in [0.15, 0.2) is 18.2 Å². The standard InChI is InChI=1S/C8H9Cl.BrH/c1-6-3-7(2)5-8(9)4-6;/h3-5H,1-2H3;1H. The molecule has 0 aliphatic carbocycles. The summed E-state index contributed by atoms with van der Waals surface area (Å²) in [7, 11) is 0. The average Bonchev–Trinajstić information content (AvgIpc) is 1.59. The molecular weight excluding hydrogens is 211 g/mol. The van der Waals surface area contributed by atoms with Crippen molar-refractivity contribution in [2.24, 2.45) is 0 Å². The first-order chi connectivity index (χ1) is 4.18. The van der Waals surface area contributed by atoms with E-state index in [4.69, 9.17) is 11.6 Å². The molecule has 1 aromatic carbocycles. The van der Waals surface area contributed by atoms with Gasteiger partial charge in [0, 0.05) is 5.02 Å². The molecule has 1 rings (SSSR count). The van der Waals surface area contributed by atoms with Gasteiger partial charge in [-0.05, 0) is 37.1 Å². The van der Waals surface area contributed by atoms with E-state index in [0.29, 0.717) is 0 Å². The van der Waals surface area contributed by atoms with Crippen molar-refractivity contribution in [3.63, 3.8) is 0 Å². The van der Waals surface area contributed by atoms with Gasteiger partial charge in [-0.25, -0.2) is 0 Å². The molecule has 10 heavy (non-hydrogen) atoms. The fourth-order valence-electron chi connectivity index (χ4n) is 0.919. The molecule has 0 aromatic heterocycles. The van der Waals surface area contributed by atoms with Crippen molar-refractivity contribution in [1.29, 1.82) is 0 Å². The Labute approximate surface area is 77.0 Å². The van der Waals surface area contributed by atoms with Gasteiger partial charge in [-0.3, -0.25) is 0 Å². The molecule has 0 aliphatic rings. The van der Waals surface area contributed by atoms with Gasteiger partial charge in [0.15, 0.2) is 0 Å². The molecular formula is C8H10BrCl. The molecule has 0 atom stereocenters. The second-order valence-corrected chi connectivity index (χ2v) is 2.74. The van der Waals surface area contributed by atoms with E-state index in [2.05, 4.69) is 6.07 Å². The summed E-state index contributed by atoms with van der Waals surface area (Å²) in [6.07, 6.45) is 0. The number of halogens is 2. The summed E-state index contributed by atoms with van der Waals surface area (Å²) >= 11 is 5.75. The summed E-state index contributed by atoms with van der Waals surface area (Å²) < 4.78 is 0. The number of aryl methyl sites for hydroxylation is 2. The van der Waals surface area contributed by atoms with Crippen LogP contribution in [0.2, 0.25) is 5.02 Å². The van der Waals surface area contributed by atoms with Crippen molar-refractivity contribution >= 4 is 28.6 Å². The van der Waals surface area contributed by atoms with Crippen LogP contribution < -0.4 is 0 Å². The van der Waals surface area contributed by atoms with Crippen LogP contribution in [-0.4, -0.2) is 0 Å². The minimum absolute atomic E-state index is 0. The monoisotopic (exact) mass is 220 g/mol. The van der Waals surface area contributed by atoms with Crippen molar-refractivity contribution in [2.45, 2.75) is 13.8 Å². The van der Waals surface area contributed by atoms with Gasteiger partial charge >= 0.3 is 0 Å². The van der Waals surface area contributed by atoms with E-state index in [1.165, 1.54) is 11.1 Å². The van der Waals surface area contributed by atoms with Gasteiger partial charge in [0.25, 0.3) is 0 Å². The molecule has 1 aromatic rings. The highest BCUT2D eigenvalue weighted by Crippen LogP contribution is 2.12. The minimum Gasteiger partial charge on any atom is -0.114 e. The van der Waals surface area contributed by atoms with Crippen molar-refractivity contribution in [1.82, 2.24) is 0 Å². The zero-order valence-corrected chi connectivity index (χ0v) is 8.49. The summed E-state index contributed by atoms with van der Waals surface area (Å²) in [6.45, 7) is 4.08. The Kier molecular flexibility index (Phi) is 3.99. The Morgan fingerprint density at radius 1 is 1.00 bits per heavy atom. The van der Waals surface area contributed by atoms with Crippen LogP contribution in [0.25, 0.3) is 0 Å². The molecule has 56 valence electrons. The van der Waals surface area contributed by atoms with Gasteiger partial charge < -0.3 is 0 Å². The predicted octanol–water partition coefficient (Wildman–Crippen LogP) is 3.53. The molecule has 0 heterocycles. The smallest absolute Gasteiger partial charge is 0.0411 e. The molecule has 0 aliphatic heterocycles. The highest BCUT2D eigenvalue weighted by Gasteiger charge is 1.89. The van der Waals surface area contributed by atoms with Crippen molar-refractivity contribution < 1.29 is 0 Å². The highest BCUT2D eigenvalue weighted by atomic mass is 79.9. The van der Waals surface area contributed by atoms with Gasteiger partial charge in [0.05, 0.1) is 0 Å². The lowest BCUT2D eigenvalue weighted by molar-refractivity contribution is 1.39. The fraction of sp³-hybridized carbons (Fsp3) is 0.250. The number of hydrogen-bond acceptors (Lipinski definition) is 0. The summed E-state index contributed by atoms with van der Waals surface area (Å²) in [5.41, 5.74) is 2.44. The van der Waals surface area contributed by atoms with E-state index in [9.17, 15) is 0 Å². The topological polar surface area (TPSA) is 0 Å². The highest BCUT2D eigenvalue weighted by molar-refractivity contribution is 8.93. The third-order valence-corrected chi connectivity index (χ3v) is 1.40. The van der Waals surface area contributed by atoms with Gasteiger partial charge in [0.1, 0.15) is 0 Å². The van der Waals surface area contributed by atoms with Crippen LogP contribution in [-0.2, 0) is 0 Å². The molecule has 0 fully saturated rings. The molecule has 0 N–H and O–H groups in total. The van der Waals surface area contributed by atoms with Crippen LogP contribution in [0, 0.1) is 13.8 Å². The predicted molar refractivity (Wildman–Crippen MR) is 51.2 cm³/mol. The Hall–Kier alpha value is -0.0100. The van der Waals surface area contributed by atoms with Crippen molar-refractivity contribution in [2.75, 3.05) is 0 Å². The van der Waals surface area contributed by atoms with Gasteiger partial charge in [-0.1, -0.05) is 17.7 Å². The first-order valence-corrected chi connectivity index (χ1v) is 3.30. The van der Waals surface area contributed by atoms with Gasteiger partial charge in [-0.15, -0.1) is 17.0 Å². The molecule has 0 radical (unpaired) electrons. The van der Waals surface area contributed by atoms with Crippen LogP contribution >= 0.6 is 28.6 Å². The molecule has 0 nitrogen and oxygen atoms in total. The maximum atomic E-state index is 5.75. The molecule has 0 unspecified atom stereocenters. The van der Waals surface area contributed by atoms with E-state index < -0.39 is 0 Å². The van der Waals surface area contributed by atoms with Crippen molar-refractivity contribution in [3.8, 4) is 0 Å². The van der Waals surface area contributed by atoms with Crippen LogP contribution in [0.3, 0.4) is 0 Å². The van der Waals surface area contributed by atoms with Crippen LogP contribution in [0.5, 0.6) is 0 Å². The van der Waals surface area contributed by atoms with E-state index >= 15 is 0 Å². The molecule has 0 saturated heterocycles. The molecule has 0 bridgehead atoms. The normalized spacial score (nSPS) is 8.70. The first kappa shape index (κ1) is 9.99. The minimum atomic E-state index is 0.